The molecule has 2 aromatic heterocycles. The third kappa shape index (κ3) is 2.72. The molecule has 7 heteroatoms. The summed E-state index contributed by atoms with van der Waals surface area (Å²) in [5.41, 5.74) is 6.09. The molecular weight excluding hydrogens is 312 g/mol. The predicted molar refractivity (Wildman–Crippen MR) is 91.9 cm³/mol. The van der Waals surface area contributed by atoms with Crippen LogP contribution in [0.5, 0.6) is 0 Å². The first-order chi connectivity index (χ1) is 11.3. The quantitative estimate of drug-likeness (QED) is 0.446. The standard InChI is InChI=1S/C16H11ClN6/c17-11-7-5-10(6-8-11)9-18-22-16-20-15-14(21-23-16)12-3-1-2-4-13(12)19-15/h1-9H,(H2,19,20,22,23). The van der Waals surface area contributed by atoms with Gasteiger partial charge in [0.1, 0.15) is 5.52 Å². The lowest BCUT2D eigenvalue weighted by Crippen LogP contribution is -1.98. The topological polar surface area (TPSA) is 78.8 Å². The molecule has 23 heavy (non-hydrogen) atoms. The van der Waals surface area contributed by atoms with Crippen LogP contribution in [0.2, 0.25) is 5.02 Å². The number of hydrazone groups is 1. The van der Waals surface area contributed by atoms with Gasteiger partial charge < -0.3 is 4.98 Å². The molecule has 4 rings (SSSR count). The number of aromatic amines is 1. The first-order valence-corrected chi connectivity index (χ1v) is 7.33. The van der Waals surface area contributed by atoms with Crippen molar-refractivity contribution in [3.05, 3.63) is 59.1 Å². The Kier molecular flexibility index (Phi) is 3.36. The maximum absolute atomic E-state index is 5.84. The molecule has 6 nitrogen and oxygen atoms in total. The molecule has 0 atom stereocenters. The number of anilines is 1. The van der Waals surface area contributed by atoms with E-state index in [2.05, 4.69) is 30.7 Å². The molecule has 2 N–H and O–H groups in total. The number of hydrogen-bond donors (Lipinski definition) is 2. The van der Waals surface area contributed by atoms with Crippen molar-refractivity contribution in [2.45, 2.75) is 0 Å². The zero-order valence-electron chi connectivity index (χ0n) is 11.9. The van der Waals surface area contributed by atoms with E-state index < -0.39 is 0 Å². The van der Waals surface area contributed by atoms with Crippen molar-refractivity contribution < 1.29 is 0 Å². The largest absolute Gasteiger partial charge is 0.338 e. The van der Waals surface area contributed by atoms with E-state index in [-0.39, 0.29) is 0 Å². The fourth-order valence-electron chi connectivity index (χ4n) is 2.28. The Hall–Kier alpha value is -2.99. The van der Waals surface area contributed by atoms with Crippen LogP contribution in [0.25, 0.3) is 22.1 Å². The summed E-state index contributed by atoms with van der Waals surface area (Å²) in [5.74, 6) is 0.328. The molecule has 0 aliphatic carbocycles. The lowest BCUT2D eigenvalue weighted by molar-refractivity contribution is 1.01. The Morgan fingerprint density at radius 2 is 1.87 bits per heavy atom. The third-order valence-corrected chi connectivity index (χ3v) is 3.62. The van der Waals surface area contributed by atoms with E-state index in [1.165, 1.54) is 0 Å². The Labute approximate surface area is 136 Å². The SMILES string of the molecule is Clc1ccc(C=NNc2nnc3c(n2)[nH]c2ccccc23)cc1. The second-order valence-corrected chi connectivity index (χ2v) is 5.36. The van der Waals surface area contributed by atoms with E-state index in [0.29, 0.717) is 16.6 Å². The van der Waals surface area contributed by atoms with Gasteiger partial charge in [-0.15, -0.1) is 10.2 Å². The number of nitrogens with one attached hydrogen (secondary N) is 2. The van der Waals surface area contributed by atoms with E-state index in [4.69, 9.17) is 11.6 Å². The summed E-state index contributed by atoms with van der Waals surface area (Å²) in [6.45, 7) is 0. The van der Waals surface area contributed by atoms with Gasteiger partial charge in [0.15, 0.2) is 5.65 Å². The van der Waals surface area contributed by atoms with E-state index >= 15 is 0 Å². The molecule has 4 aromatic rings. The molecule has 0 fully saturated rings. The molecule has 0 radical (unpaired) electrons. The van der Waals surface area contributed by atoms with Crippen molar-refractivity contribution in [2.75, 3.05) is 5.43 Å². The van der Waals surface area contributed by atoms with Crippen LogP contribution in [0.15, 0.2) is 53.6 Å². The summed E-state index contributed by atoms with van der Waals surface area (Å²) in [6.07, 6.45) is 1.66. The number of aromatic nitrogens is 4. The van der Waals surface area contributed by atoms with Gasteiger partial charge in [0.05, 0.1) is 6.21 Å². The van der Waals surface area contributed by atoms with Crippen LogP contribution in [0.4, 0.5) is 5.95 Å². The van der Waals surface area contributed by atoms with Crippen molar-refractivity contribution in [1.29, 1.82) is 0 Å². The maximum atomic E-state index is 5.84. The number of halogens is 1. The normalized spacial score (nSPS) is 11.5. The molecular formula is C16H11ClN6. The second-order valence-electron chi connectivity index (χ2n) is 4.92. The number of benzene rings is 2. The summed E-state index contributed by atoms with van der Waals surface area (Å²) < 4.78 is 0. The number of H-pyrrole nitrogens is 1. The molecule has 0 amide bonds. The van der Waals surface area contributed by atoms with Crippen LogP contribution in [0, 0.1) is 0 Å². The monoisotopic (exact) mass is 322 g/mol. The number of hydrogen-bond acceptors (Lipinski definition) is 5. The summed E-state index contributed by atoms with van der Waals surface area (Å²) >= 11 is 5.84. The second kappa shape index (κ2) is 5.66. The molecule has 2 aromatic carbocycles. The fourth-order valence-corrected chi connectivity index (χ4v) is 2.41. The van der Waals surface area contributed by atoms with Gasteiger partial charge in [0.2, 0.25) is 0 Å². The van der Waals surface area contributed by atoms with Gasteiger partial charge in [-0.3, -0.25) is 0 Å². The highest BCUT2D eigenvalue weighted by Crippen LogP contribution is 2.21. The predicted octanol–water partition coefficient (Wildman–Crippen LogP) is 3.61. The number of para-hydroxylation sites is 1. The molecule has 0 spiro atoms. The Balaban J connectivity index is 1.59. The first-order valence-electron chi connectivity index (χ1n) is 6.95. The zero-order chi connectivity index (χ0) is 15.6. The van der Waals surface area contributed by atoms with Gasteiger partial charge in [-0.25, -0.2) is 5.43 Å². The average molecular weight is 323 g/mol. The maximum Gasteiger partial charge on any atom is 0.265 e. The van der Waals surface area contributed by atoms with Gasteiger partial charge >= 0.3 is 0 Å². The van der Waals surface area contributed by atoms with Crippen molar-refractivity contribution >= 4 is 45.8 Å². The Morgan fingerprint density at radius 3 is 2.74 bits per heavy atom. The van der Waals surface area contributed by atoms with E-state index in [9.17, 15) is 0 Å². The van der Waals surface area contributed by atoms with Crippen LogP contribution in [0.3, 0.4) is 0 Å². The average Bonchev–Trinajstić information content (AvgIpc) is 2.94. The zero-order valence-corrected chi connectivity index (χ0v) is 12.6. The van der Waals surface area contributed by atoms with Crippen molar-refractivity contribution in [3.63, 3.8) is 0 Å². The molecule has 0 unspecified atom stereocenters. The lowest BCUT2D eigenvalue weighted by Gasteiger charge is -1.97. The van der Waals surface area contributed by atoms with Gasteiger partial charge in [0, 0.05) is 15.9 Å². The molecule has 0 saturated carbocycles. The summed E-state index contributed by atoms with van der Waals surface area (Å²) in [6, 6.07) is 15.2. The fraction of sp³-hybridized carbons (Fsp3) is 0. The van der Waals surface area contributed by atoms with Crippen LogP contribution < -0.4 is 5.43 Å². The molecule has 2 heterocycles. The number of fused-ring (bicyclic) bond motifs is 3. The van der Waals surface area contributed by atoms with Gasteiger partial charge in [0.25, 0.3) is 5.95 Å². The van der Waals surface area contributed by atoms with Crippen LogP contribution in [-0.4, -0.2) is 26.4 Å². The van der Waals surface area contributed by atoms with Crippen molar-refractivity contribution in [1.82, 2.24) is 20.2 Å². The molecule has 0 aliphatic heterocycles. The van der Waals surface area contributed by atoms with Crippen LogP contribution in [0.1, 0.15) is 5.56 Å². The molecule has 0 bridgehead atoms. The smallest absolute Gasteiger partial charge is 0.265 e. The van der Waals surface area contributed by atoms with Gasteiger partial charge in [-0.1, -0.05) is 41.9 Å². The Bertz CT molecular complexity index is 1010. The molecule has 0 saturated heterocycles. The molecule has 112 valence electrons. The molecule has 0 aliphatic rings. The van der Waals surface area contributed by atoms with Gasteiger partial charge in [-0.05, 0) is 23.8 Å². The summed E-state index contributed by atoms with van der Waals surface area (Å²) in [7, 11) is 0. The van der Waals surface area contributed by atoms with Crippen molar-refractivity contribution in [2.24, 2.45) is 5.10 Å². The number of rotatable bonds is 3. The minimum Gasteiger partial charge on any atom is -0.338 e. The minimum atomic E-state index is 0.328. The lowest BCUT2D eigenvalue weighted by atomic mass is 10.2. The summed E-state index contributed by atoms with van der Waals surface area (Å²) in [4.78, 5) is 7.60. The minimum absolute atomic E-state index is 0.328. The van der Waals surface area contributed by atoms with E-state index in [1.807, 2.05) is 36.4 Å². The van der Waals surface area contributed by atoms with Gasteiger partial charge in [-0.2, -0.15) is 10.1 Å². The first kappa shape index (κ1) is 13.7. The highest BCUT2D eigenvalue weighted by molar-refractivity contribution is 6.30. The highest BCUT2D eigenvalue weighted by atomic mass is 35.5. The van der Waals surface area contributed by atoms with Crippen molar-refractivity contribution in [3.8, 4) is 0 Å². The number of nitrogens with zero attached hydrogens (tertiary/aromatic N) is 4. The third-order valence-electron chi connectivity index (χ3n) is 3.37. The van der Waals surface area contributed by atoms with Crippen LogP contribution >= 0.6 is 11.6 Å². The Morgan fingerprint density at radius 1 is 1.04 bits per heavy atom. The van der Waals surface area contributed by atoms with E-state index in [0.717, 1.165) is 22.0 Å². The summed E-state index contributed by atoms with van der Waals surface area (Å²) in [5, 5.41) is 14.0. The van der Waals surface area contributed by atoms with Crippen LogP contribution in [-0.2, 0) is 0 Å². The highest BCUT2D eigenvalue weighted by Gasteiger charge is 2.07. The van der Waals surface area contributed by atoms with E-state index in [1.54, 1.807) is 18.3 Å².